The highest BCUT2D eigenvalue weighted by atomic mass is 16.5. The Hall–Kier alpha value is -2.04. The molecule has 0 aromatic heterocycles. The molecule has 1 aromatic carbocycles. The molecule has 4 atom stereocenters. The fraction of sp³-hybridized carbons (Fsp3) is 0.667. The zero-order valence-electron chi connectivity index (χ0n) is 18.0. The molecule has 0 radical (unpaired) electrons. The molecule has 3 heterocycles. The van der Waals surface area contributed by atoms with Crippen LogP contribution in [0.15, 0.2) is 24.3 Å². The topological polar surface area (TPSA) is 49.9 Å². The van der Waals surface area contributed by atoms with E-state index in [0.717, 1.165) is 56.5 Å². The lowest BCUT2D eigenvalue weighted by Gasteiger charge is -2.56. The molecule has 0 spiro atoms. The molecule has 158 valence electrons. The summed E-state index contributed by atoms with van der Waals surface area (Å²) in [6.07, 6.45) is 6.12. The van der Waals surface area contributed by atoms with Crippen LogP contribution in [-0.4, -0.2) is 53.9 Å². The second kappa shape index (κ2) is 8.37. The molecule has 3 aliphatic rings. The van der Waals surface area contributed by atoms with E-state index >= 15 is 0 Å². The molecular formula is C24H34N2O3. The van der Waals surface area contributed by atoms with Gasteiger partial charge in [-0.2, -0.15) is 0 Å². The Kier molecular flexibility index (Phi) is 5.84. The molecule has 1 aromatic rings. The van der Waals surface area contributed by atoms with E-state index < -0.39 is 0 Å². The van der Waals surface area contributed by atoms with E-state index in [2.05, 4.69) is 23.6 Å². The van der Waals surface area contributed by atoms with Crippen molar-refractivity contribution in [3.63, 3.8) is 0 Å². The molecule has 3 aliphatic heterocycles. The van der Waals surface area contributed by atoms with Crippen LogP contribution in [0.1, 0.15) is 62.7 Å². The number of ether oxygens (including phenoxy) is 1. The highest BCUT2D eigenvalue weighted by Crippen LogP contribution is 2.43. The maximum absolute atomic E-state index is 13.2. The van der Waals surface area contributed by atoms with Gasteiger partial charge in [0, 0.05) is 37.2 Å². The predicted octanol–water partition coefficient (Wildman–Crippen LogP) is 3.97. The summed E-state index contributed by atoms with van der Waals surface area (Å²) >= 11 is 0. The van der Waals surface area contributed by atoms with Crippen LogP contribution in [0.3, 0.4) is 0 Å². The predicted molar refractivity (Wildman–Crippen MR) is 113 cm³/mol. The molecule has 5 nitrogen and oxygen atoms in total. The lowest BCUT2D eigenvalue weighted by atomic mass is 9.70. The summed E-state index contributed by atoms with van der Waals surface area (Å²) in [5.41, 5.74) is 0.723. The third-order valence-corrected chi connectivity index (χ3v) is 7.16. The van der Waals surface area contributed by atoms with Gasteiger partial charge in [0.1, 0.15) is 5.75 Å². The van der Waals surface area contributed by atoms with Crippen molar-refractivity contribution >= 4 is 11.8 Å². The molecule has 2 amide bonds. The molecule has 3 fully saturated rings. The Morgan fingerprint density at radius 2 is 1.90 bits per heavy atom. The van der Waals surface area contributed by atoms with Crippen molar-refractivity contribution in [2.24, 2.45) is 17.8 Å². The lowest BCUT2D eigenvalue weighted by molar-refractivity contribution is -0.152. The molecule has 2 bridgehead atoms. The van der Waals surface area contributed by atoms with Gasteiger partial charge in [-0.25, -0.2) is 0 Å². The molecule has 4 rings (SSSR count). The summed E-state index contributed by atoms with van der Waals surface area (Å²) in [5, 5.41) is 0. The number of methoxy groups -OCH3 is 1. The fourth-order valence-electron chi connectivity index (χ4n) is 5.73. The van der Waals surface area contributed by atoms with Crippen LogP contribution in [0, 0.1) is 17.8 Å². The first kappa shape index (κ1) is 20.2. The first-order chi connectivity index (χ1) is 14.0. The van der Waals surface area contributed by atoms with E-state index in [1.54, 1.807) is 7.11 Å². The second-order valence-electron chi connectivity index (χ2n) is 9.49. The SMILES string of the molecule is COc1ccc(C(=O)N2C[C@H]3C[C@@H](C2)[C@H](CCC(C)C)N2C(=O)CCC[C@@H]32)cc1. The number of rotatable bonds is 5. The fourth-order valence-corrected chi connectivity index (χ4v) is 5.73. The van der Waals surface area contributed by atoms with Gasteiger partial charge in [-0.05, 0) is 74.1 Å². The van der Waals surface area contributed by atoms with Gasteiger partial charge in [-0.15, -0.1) is 0 Å². The molecular weight excluding hydrogens is 364 g/mol. The summed E-state index contributed by atoms with van der Waals surface area (Å²) in [7, 11) is 1.64. The maximum Gasteiger partial charge on any atom is 0.253 e. The Labute approximate surface area is 174 Å². The van der Waals surface area contributed by atoms with Gasteiger partial charge < -0.3 is 14.5 Å². The summed E-state index contributed by atoms with van der Waals surface area (Å²) < 4.78 is 5.22. The molecule has 5 heteroatoms. The number of amides is 2. The van der Waals surface area contributed by atoms with Crippen molar-refractivity contribution < 1.29 is 14.3 Å². The third kappa shape index (κ3) is 4.01. The number of benzene rings is 1. The average molecular weight is 399 g/mol. The minimum absolute atomic E-state index is 0.112. The molecule has 0 unspecified atom stereocenters. The van der Waals surface area contributed by atoms with Crippen molar-refractivity contribution in [3.05, 3.63) is 29.8 Å². The number of hydrogen-bond donors (Lipinski definition) is 0. The number of fused-ring (bicyclic) bond motifs is 4. The first-order valence-corrected chi connectivity index (χ1v) is 11.2. The molecule has 0 N–H and O–H groups in total. The minimum Gasteiger partial charge on any atom is -0.497 e. The first-order valence-electron chi connectivity index (χ1n) is 11.2. The van der Waals surface area contributed by atoms with Gasteiger partial charge in [-0.3, -0.25) is 9.59 Å². The number of nitrogens with zero attached hydrogens (tertiary/aromatic N) is 2. The van der Waals surface area contributed by atoms with Crippen molar-refractivity contribution in [1.29, 1.82) is 0 Å². The minimum atomic E-state index is 0.112. The summed E-state index contributed by atoms with van der Waals surface area (Å²) in [6, 6.07) is 8.03. The third-order valence-electron chi connectivity index (χ3n) is 7.16. The number of carbonyl (C=O) groups excluding carboxylic acids is 2. The van der Waals surface area contributed by atoms with Gasteiger partial charge in [0.2, 0.25) is 5.91 Å². The number of likely N-dealkylation sites (tertiary alicyclic amines) is 1. The average Bonchev–Trinajstić information content (AvgIpc) is 2.73. The molecule has 29 heavy (non-hydrogen) atoms. The van der Waals surface area contributed by atoms with Crippen LogP contribution in [0.5, 0.6) is 5.75 Å². The number of piperidine rings is 3. The number of carbonyl (C=O) groups is 2. The molecule has 0 saturated carbocycles. The Balaban J connectivity index is 1.55. The van der Waals surface area contributed by atoms with E-state index in [0.29, 0.717) is 36.1 Å². The number of hydrogen-bond acceptors (Lipinski definition) is 3. The summed E-state index contributed by atoms with van der Waals surface area (Å²) in [4.78, 5) is 30.4. The zero-order chi connectivity index (χ0) is 20.5. The molecule has 3 saturated heterocycles. The van der Waals surface area contributed by atoms with Crippen LogP contribution < -0.4 is 4.74 Å². The largest absolute Gasteiger partial charge is 0.497 e. The van der Waals surface area contributed by atoms with E-state index in [1.807, 2.05) is 24.3 Å². The highest BCUT2D eigenvalue weighted by Gasteiger charge is 2.49. The standard InChI is InChI=1S/C24H34N2O3/c1-16(2)7-12-22-19-13-18(21-5-4-6-23(27)26(21)22)14-25(15-19)24(28)17-8-10-20(29-3)11-9-17/h8-11,16,18-19,21-22H,4-7,12-15H2,1-3H3/t18-,19+,21+,22+/m1/s1. The van der Waals surface area contributed by atoms with Crippen LogP contribution in [0.25, 0.3) is 0 Å². The monoisotopic (exact) mass is 398 g/mol. The van der Waals surface area contributed by atoms with Crippen LogP contribution >= 0.6 is 0 Å². The van der Waals surface area contributed by atoms with E-state index in [9.17, 15) is 9.59 Å². The summed E-state index contributed by atoms with van der Waals surface area (Å²) in [5.74, 6) is 2.66. The van der Waals surface area contributed by atoms with Gasteiger partial charge >= 0.3 is 0 Å². The van der Waals surface area contributed by atoms with Crippen molar-refractivity contribution in [2.45, 2.75) is 64.5 Å². The van der Waals surface area contributed by atoms with Gasteiger partial charge in [0.25, 0.3) is 5.91 Å². The van der Waals surface area contributed by atoms with Crippen LogP contribution in [0.2, 0.25) is 0 Å². The van der Waals surface area contributed by atoms with Gasteiger partial charge in [0.15, 0.2) is 0 Å². The normalized spacial score (nSPS) is 29.0. The van der Waals surface area contributed by atoms with Crippen molar-refractivity contribution in [2.75, 3.05) is 20.2 Å². The van der Waals surface area contributed by atoms with E-state index in [1.165, 1.54) is 0 Å². The van der Waals surface area contributed by atoms with Crippen LogP contribution in [-0.2, 0) is 4.79 Å². The van der Waals surface area contributed by atoms with Crippen molar-refractivity contribution in [1.82, 2.24) is 9.80 Å². The Morgan fingerprint density at radius 3 is 2.59 bits per heavy atom. The Morgan fingerprint density at radius 1 is 1.17 bits per heavy atom. The highest BCUT2D eigenvalue weighted by molar-refractivity contribution is 5.94. The smallest absolute Gasteiger partial charge is 0.253 e. The Bertz CT molecular complexity index is 745. The van der Waals surface area contributed by atoms with Crippen molar-refractivity contribution in [3.8, 4) is 5.75 Å². The van der Waals surface area contributed by atoms with Crippen LogP contribution in [0.4, 0.5) is 0 Å². The molecule has 0 aliphatic carbocycles. The second-order valence-corrected chi connectivity index (χ2v) is 9.49. The lowest BCUT2D eigenvalue weighted by Crippen LogP contribution is -2.65. The summed E-state index contributed by atoms with van der Waals surface area (Å²) in [6.45, 7) is 6.04. The zero-order valence-corrected chi connectivity index (χ0v) is 18.0. The van der Waals surface area contributed by atoms with Gasteiger partial charge in [0.05, 0.1) is 7.11 Å². The maximum atomic E-state index is 13.2. The quantitative estimate of drug-likeness (QED) is 0.754. The van der Waals surface area contributed by atoms with Gasteiger partial charge in [-0.1, -0.05) is 13.8 Å². The van der Waals surface area contributed by atoms with E-state index in [-0.39, 0.29) is 11.9 Å². The van der Waals surface area contributed by atoms with E-state index in [4.69, 9.17) is 4.74 Å².